The van der Waals surface area contributed by atoms with Crippen molar-refractivity contribution < 1.29 is 27.9 Å². The highest BCUT2D eigenvalue weighted by Gasteiger charge is 2.58. The Morgan fingerprint density at radius 3 is 2.53 bits per heavy atom. The molecule has 0 fully saturated rings. The van der Waals surface area contributed by atoms with Gasteiger partial charge in [-0.15, -0.1) is 11.3 Å². The third kappa shape index (κ3) is 3.56. The van der Waals surface area contributed by atoms with Gasteiger partial charge in [0, 0.05) is 11.6 Å². The summed E-state index contributed by atoms with van der Waals surface area (Å²) in [7, 11) is 0. The zero-order valence-corrected chi connectivity index (χ0v) is 10.4. The van der Waals surface area contributed by atoms with Crippen LogP contribution in [-0.4, -0.2) is 33.8 Å². The summed E-state index contributed by atoms with van der Waals surface area (Å²) in [6, 6.07) is -1.24. The highest BCUT2D eigenvalue weighted by molar-refractivity contribution is 7.09. The molecule has 106 valence electrons. The minimum absolute atomic E-state index is 0.0863. The number of amides is 2. The number of nitrogens with one attached hydrogen (secondary N) is 2. The number of hydrogen-bond acceptors (Lipinski definition) is 4. The summed E-state index contributed by atoms with van der Waals surface area (Å²) in [5.74, 6) is -2.19. The first-order valence-electron chi connectivity index (χ1n) is 4.91. The van der Waals surface area contributed by atoms with Crippen molar-refractivity contribution in [3.05, 3.63) is 16.6 Å². The first-order valence-corrected chi connectivity index (χ1v) is 5.79. The average molecular weight is 297 g/mol. The van der Waals surface area contributed by atoms with E-state index < -0.39 is 23.7 Å². The number of carbonyl (C=O) groups is 2. The van der Waals surface area contributed by atoms with Crippen LogP contribution in [0.4, 0.5) is 18.0 Å². The number of thiazole rings is 1. The van der Waals surface area contributed by atoms with Gasteiger partial charge in [0.1, 0.15) is 5.01 Å². The van der Waals surface area contributed by atoms with Crippen molar-refractivity contribution in [2.75, 3.05) is 0 Å². The normalized spacial score (nSPS) is 14.5. The summed E-state index contributed by atoms with van der Waals surface area (Å²) in [4.78, 5) is 25.8. The molecule has 3 N–H and O–H groups in total. The molecular weight excluding hydrogens is 287 g/mol. The molecule has 2 amide bonds. The predicted molar refractivity (Wildman–Crippen MR) is 59.6 cm³/mol. The van der Waals surface area contributed by atoms with Crippen molar-refractivity contribution in [2.24, 2.45) is 0 Å². The summed E-state index contributed by atoms with van der Waals surface area (Å²) < 4.78 is 37.8. The molecule has 1 aromatic heterocycles. The van der Waals surface area contributed by atoms with Crippen LogP contribution in [0, 0.1) is 0 Å². The molecule has 0 aliphatic carbocycles. The maximum absolute atomic E-state index is 12.6. The van der Waals surface area contributed by atoms with Crippen molar-refractivity contribution in [3.63, 3.8) is 0 Å². The standard InChI is InChI=1S/C9H10F3N3O3S/c1-8(6(16)17,9(10,11)12)15-7(18)14-4-5-13-2-3-19-5/h2-3H,4H2,1H3,(H,16,17)(H2,14,15,18). The first-order chi connectivity index (χ1) is 8.67. The van der Waals surface area contributed by atoms with Gasteiger partial charge in [0.25, 0.3) is 0 Å². The largest absolute Gasteiger partial charge is 0.479 e. The number of alkyl halides is 3. The van der Waals surface area contributed by atoms with E-state index in [9.17, 15) is 22.8 Å². The molecule has 1 rings (SSSR count). The van der Waals surface area contributed by atoms with Gasteiger partial charge in [0.15, 0.2) is 0 Å². The van der Waals surface area contributed by atoms with Gasteiger partial charge in [-0.25, -0.2) is 14.6 Å². The number of hydrogen-bond donors (Lipinski definition) is 3. The van der Waals surface area contributed by atoms with Crippen LogP contribution in [-0.2, 0) is 11.3 Å². The molecule has 0 saturated heterocycles. The van der Waals surface area contributed by atoms with E-state index in [1.165, 1.54) is 22.9 Å². The van der Waals surface area contributed by atoms with Crippen molar-refractivity contribution in [2.45, 2.75) is 25.2 Å². The summed E-state index contributed by atoms with van der Waals surface area (Å²) in [5, 5.41) is 14.2. The highest BCUT2D eigenvalue weighted by atomic mass is 32.1. The van der Waals surface area contributed by atoms with Crippen LogP contribution in [0.25, 0.3) is 0 Å². The Balaban J connectivity index is 2.65. The first kappa shape index (κ1) is 15.2. The van der Waals surface area contributed by atoms with E-state index in [4.69, 9.17) is 5.11 Å². The van der Waals surface area contributed by atoms with Gasteiger partial charge in [0.2, 0.25) is 5.54 Å². The van der Waals surface area contributed by atoms with Crippen molar-refractivity contribution in [1.29, 1.82) is 0 Å². The average Bonchev–Trinajstić information content (AvgIpc) is 2.77. The van der Waals surface area contributed by atoms with Crippen LogP contribution < -0.4 is 10.6 Å². The number of aromatic nitrogens is 1. The Bertz CT molecular complexity index is 463. The molecule has 1 aromatic rings. The quantitative estimate of drug-likeness (QED) is 0.782. The van der Waals surface area contributed by atoms with Crippen LogP contribution in [0.5, 0.6) is 0 Å². The van der Waals surface area contributed by atoms with Gasteiger partial charge in [-0.05, 0) is 6.92 Å². The van der Waals surface area contributed by atoms with Gasteiger partial charge in [-0.2, -0.15) is 13.2 Å². The van der Waals surface area contributed by atoms with Crippen LogP contribution in [0.1, 0.15) is 11.9 Å². The van der Waals surface area contributed by atoms with E-state index in [0.717, 1.165) is 0 Å². The predicted octanol–water partition coefficient (Wildman–Crippen LogP) is 1.35. The monoisotopic (exact) mass is 297 g/mol. The molecule has 0 spiro atoms. The van der Waals surface area contributed by atoms with Gasteiger partial charge >= 0.3 is 18.2 Å². The van der Waals surface area contributed by atoms with Gasteiger partial charge < -0.3 is 15.7 Å². The zero-order chi connectivity index (χ0) is 14.7. The Morgan fingerprint density at radius 1 is 1.47 bits per heavy atom. The molecule has 0 aliphatic heterocycles. The maximum atomic E-state index is 12.6. The van der Waals surface area contributed by atoms with Gasteiger partial charge in [-0.1, -0.05) is 0 Å². The van der Waals surface area contributed by atoms with Crippen molar-refractivity contribution >= 4 is 23.3 Å². The summed E-state index contributed by atoms with van der Waals surface area (Å²) in [6.07, 6.45) is -3.64. The van der Waals surface area contributed by atoms with E-state index in [0.29, 0.717) is 11.9 Å². The SMILES string of the molecule is CC(NC(=O)NCc1nccs1)(C(=O)O)C(F)(F)F. The number of aliphatic carboxylic acids is 1. The molecule has 6 nitrogen and oxygen atoms in total. The number of carbonyl (C=O) groups excluding carboxylic acids is 1. The third-order valence-corrected chi connectivity index (χ3v) is 3.02. The topological polar surface area (TPSA) is 91.3 Å². The summed E-state index contributed by atoms with van der Waals surface area (Å²) in [6.45, 7) is 0.287. The molecule has 0 saturated carbocycles. The highest BCUT2D eigenvalue weighted by Crippen LogP contribution is 2.30. The lowest BCUT2D eigenvalue weighted by Crippen LogP contribution is -2.63. The Labute approximate surface area is 109 Å². The Kier molecular flexibility index (Phi) is 4.35. The number of carboxylic acids is 1. The number of carboxylic acid groups (broad SMARTS) is 1. The molecule has 0 bridgehead atoms. The molecule has 0 radical (unpaired) electrons. The molecule has 1 heterocycles. The molecular formula is C9H10F3N3O3S. The lowest BCUT2D eigenvalue weighted by atomic mass is 10.0. The summed E-state index contributed by atoms with van der Waals surface area (Å²) >= 11 is 1.20. The second kappa shape index (κ2) is 5.43. The molecule has 0 aliphatic rings. The van der Waals surface area contributed by atoms with Crippen molar-refractivity contribution in [1.82, 2.24) is 15.6 Å². The van der Waals surface area contributed by atoms with Gasteiger partial charge in [-0.3, -0.25) is 0 Å². The van der Waals surface area contributed by atoms with E-state index in [1.54, 1.807) is 5.38 Å². The van der Waals surface area contributed by atoms with Crippen LogP contribution >= 0.6 is 11.3 Å². The third-order valence-electron chi connectivity index (χ3n) is 2.24. The number of nitrogens with zero attached hydrogens (tertiary/aromatic N) is 1. The van der Waals surface area contributed by atoms with Crippen LogP contribution in [0.15, 0.2) is 11.6 Å². The number of halogens is 3. The van der Waals surface area contributed by atoms with Crippen LogP contribution in [0.2, 0.25) is 0 Å². The Hall–Kier alpha value is -1.84. The zero-order valence-electron chi connectivity index (χ0n) is 9.61. The minimum Gasteiger partial charge on any atom is -0.479 e. The lowest BCUT2D eigenvalue weighted by Gasteiger charge is -2.28. The molecule has 10 heteroatoms. The summed E-state index contributed by atoms with van der Waals surface area (Å²) in [5.41, 5.74) is -3.35. The lowest BCUT2D eigenvalue weighted by molar-refractivity contribution is -0.203. The fourth-order valence-corrected chi connectivity index (χ4v) is 1.57. The van der Waals surface area contributed by atoms with Gasteiger partial charge in [0.05, 0.1) is 6.54 Å². The minimum atomic E-state index is -5.11. The molecule has 0 aromatic carbocycles. The smallest absolute Gasteiger partial charge is 0.422 e. The van der Waals surface area contributed by atoms with E-state index in [1.807, 2.05) is 0 Å². The second-order valence-corrected chi connectivity index (χ2v) is 4.64. The molecule has 19 heavy (non-hydrogen) atoms. The molecule has 1 unspecified atom stereocenters. The van der Waals surface area contributed by atoms with Crippen molar-refractivity contribution in [3.8, 4) is 0 Å². The fraction of sp³-hybridized carbons (Fsp3) is 0.444. The van der Waals surface area contributed by atoms with E-state index >= 15 is 0 Å². The Morgan fingerprint density at radius 2 is 2.11 bits per heavy atom. The second-order valence-electron chi connectivity index (χ2n) is 3.66. The van der Waals surface area contributed by atoms with E-state index in [2.05, 4.69) is 10.3 Å². The number of rotatable bonds is 4. The van der Waals surface area contributed by atoms with Crippen LogP contribution in [0.3, 0.4) is 0 Å². The fourth-order valence-electron chi connectivity index (χ4n) is 1.01. The van der Waals surface area contributed by atoms with E-state index in [-0.39, 0.29) is 6.54 Å². The maximum Gasteiger partial charge on any atom is 0.422 e. The molecule has 1 atom stereocenters. The number of urea groups is 1.